The smallest absolute Gasteiger partial charge is 0.217 e. The number of hydrogen-bond acceptors (Lipinski definition) is 4. The number of nitrogens with one attached hydrogen (secondary N) is 1. The summed E-state index contributed by atoms with van der Waals surface area (Å²) in [5, 5.41) is 19.7. The standard InChI is InChI=1S/C13H24N4O2/c1-10(4-5-11(2)9-18)7-17-8-13(15-16-17)6-14-12(3)19/h8,10-11,18H,4-7,9H2,1-3H3,(H,14,19). The van der Waals surface area contributed by atoms with Gasteiger partial charge >= 0.3 is 0 Å². The Hall–Kier alpha value is -1.43. The summed E-state index contributed by atoms with van der Waals surface area (Å²) in [7, 11) is 0. The zero-order valence-electron chi connectivity index (χ0n) is 12.0. The summed E-state index contributed by atoms with van der Waals surface area (Å²) < 4.78 is 1.81. The van der Waals surface area contributed by atoms with Crippen LogP contribution in [0.15, 0.2) is 6.20 Å². The van der Waals surface area contributed by atoms with E-state index in [2.05, 4.69) is 22.6 Å². The highest BCUT2D eigenvalue weighted by Gasteiger charge is 2.08. The zero-order valence-corrected chi connectivity index (χ0v) is 12.0. The molecule has 6 nitrogen and oxygen atoms in total. The van der Waals surface area contributed by atoms with Gasteiger partial charge in [0.25, 0.3) is 0 Å². The lowest BCUT2D eigenvalue weighted by molar-refractivity contribution is -0.119. The molecule has 6 heteroatoms. The van der Waals surface area contributed by atoms with Crippen molar-refractivity contribution in [2.45, 2.75) is 46.7 Å². The van der Waals surface area contributed by atoms with E-state index in [0.29, 0.717) is 18.4 Å². The summed E-state index contributed by atoms with van der Waals surface area (Å²) in [6.45, 7) is 7.18. The van der Waals surface area contributed by atoms with E-state index < -0.39 is 0 Å². The Morgan fingerprint density at radius 2 is 2.11 bits per heavy atom. The average Bonchev–Trinajstić information content (AvgIpc) is 2.81. The molecule has 0 fully saturated rings. The largest absolute Gasteiger partial charge is 0.396 e. The average molecular weight is 268 g/mol. The van der Waals surface area contributed by atoms with E-state index in [1.807, 2.05) is 17.8 Å². The third-order valence-electron chi connectivity index (χ3n) is 3.07. The van der Waals surface area contributed by atoms with Gasteiger partial charge in [-0.2, -0.15) is 0 Å². The summed E-state index contributed by atoms with van der Waals surface area (Å²) in [4.78, 5) is 10.8. The molecule has 0 aromatic carbocycles. The second kappa shape index (κ2) is 7.89. The highest BCUT2D eigenvalue weighted by molar-refractivity contribution is 5.72. The number of hydrogen-bond donors (Lipinski definition) is 2. The van der Waals surface area contributed by atoms with E-state index in [4.69, 9.17) is 5.11 Å². The van der Waals surface area contributed by atoms with Crippen molar-refractivity contribution in [2.24, 2.45) is 11.8 Å². The zero-order chi connectivity index (χ0) is 14.3. The molecule has 0 aliphatic rings. The number of amides is 1. The molecule has 0 aliphatic carbocycles. The van der Waals surface area contributed by atoms with Crippen LogP contribution in [0.4, 0.5) is 0 Å². The Morgan fingerprint density at radius 1 is 1.42 bits per heavy atom. The van der Waals surface area contributed by atoms with Crippen LogP contribution in [0.5, 0.6) is 0 Å². The van der Waals surface area contributed by atoms with Crippen molar-refractivity contribution >= 4 is 5.91 Å². The van der Waals surface area contributed by atoms with Crippen molar-refractivity contribution in [2.75, 3.05) is 6.61 Å². The maximum atomic E-state index is 10.8. The van der Waals surface area contributed by atoms with Gasteiger partial charge in [-0.1, -0.05) is 19.1 Å². The first-order valence-electron chi connectivity index (χ1n) is 6.75. The second-order valence-corrected chi connectivity index (χ2v) is 5.31. The molecule has 1 aromatic rings. The molecule has 1 heterocycles. The van der Waals surface area contributed by atoms with E-state index >= 15 is 0 Å². The molecule has 0 radical (unpaired) electrons. The molecule has 0 saturated carbocycles. The van der Waals surface area contributed by atoms with Gasteiger partial charge in [0.1, 0.15) is 5.69 Å². The molecule has 2 atom stereocenters. The van der Waals surface area contributed by atoms with Crippen molar-refractivity contribution in [3.05, 3.63) is 11.9 Å². The predicted molar refractivity (Wildman–Crippen MR) is 72.2 cm³/mol. The number of aromatic nitrogens is 3. The monoisotopic (exact) mass is 268 g/mol. The molecule has 0 saturated heterocycles. The molecular formula is C13H24N4O2. The van der Waals surface area contributed by atoms with Gasteiger partial charge in [-0.25, -0.2) is 0 Å². The van der Waals surface area contributed by atoms with E-state index in [9.17, 15) is 4.79 Å². The lowest BCUT2D eigenvalue weighted by atomic mass is 9.99. The Kier molecular flexibility index (Phi) is 6.49. The van der Waals surface area contributed by atoms with Gasteiger partial charge < -0.3 is 10.4 Å². The molecule has 1 aromatic heterocycles. The number of aliphatic hydroxyl groups is 1. The van der Waals surface area contributed by atoms with Gasteiger partial charge in [0.2, 0.25) is 5.91 Å². The first-order chi connectivity index (χ1) is 9.01. The number of rotatable bonds is 8. The quantitative estimate of drug-likeness (QED) is 0.736. The summed E-state index contributed by atoms with van der Waals surface area (Å²) in [6, 6.07) is 0. The van der Waals surface area contributed by atoms with Crippen molar-refractivity contribution in [1.29, 1.82) is 0 Å². The van der Waals surface area contributed by atoms with Crippen LogP contribution in [-0.4, -0.2) is 32.6 Å². The predicted octanol–water partition coefficient (Wildman–Crippen LogP) is 0.959. The fourth-order valence-corrected chi connectivity index (χ4v) is 1.79. The minimum atomic E-state index is -0.0686. The van der Waals surface area contributed by atoms with E-state index in [1.54, 1.807) is 0 Å². The second-order valence-electron chi connectivity index (χ2n) is 5.31. The Bertz CT molecular complexity index is 392. The number of carbonyl (C=O) groups is 1. The highest BCUT2D eigenvalue weighted by atomic mass is 16.3. The first kappa shape index (κ1) is 15.6. The van der Waals surface area contributed by atoms with Crippen molar-refractivity contribution in [1.82, 2.24) is 20.3 Å². The van der Waals surface area contributed by atoms with Crippen LogP contribution < -0.4 is 5.32 Å². The van der Waals surface area contributed by atoms with Crippen LogP contribution in [0.1, 0.15) is 39.3 Å². The molecule has 1 rings (SSSR count). The normalized spacial score (nSPS) is 14.1. The van der Waals surface area contributed by atoms with Crippen LogP contribution in [0.25, 0.3) is 0 Å². The van der Waals surface area contributed by atoms with Gasteiger partial charge in [0.05, 0.1) is 12.7 Å². The molecule has 108 valence electrons. The highest BCUT2D eigenvalue weighted by Crippen LogP contribution is 2.13. The van der Waals surface area contributed by atoms with Gasteiger partial charge in [-0.3, -0.25) is 9.48 Å². The molecule has 2 N–H and O–H groups in total. The molecule has 0 spiro atoms. The van der Waals surface area contributed by atoms with Crippen LogP contribution in [0, 0.1) is 11.8 Å². The van der Waals surface area contributed by atoms with Crippen molar-refractivity contribution in [3.8, 4) is 0 Å². The molecule has 0 aliphatic heterocycles. The van der Waals surface area contributed by atoms with Gasteiger partial charge in [0.15, 0.2) is 0 Å². The minimum Gasteiger partial charge on any atom is -0.396 e. The third kappa shape index (κ3) is 6.33. The van der Waals surface area contributed by atoms with E-state index in [-0.39, 0.29) is 12.5 Å². The molecule has 19 heavy (non-hydrogen) atoms. The minimum absolute atomic E-state index is 0.0686. The van der Waals surface area contributed by atoms with Gasteiger partial charge in [-0.15, -0.1) is 5.10 Å². The lowest BCUT2D eigenvalue weighted by Gasteiger charge is -2.13. The number of aliphatic hydroxyl groups excluding tert-OH is 1. The van der Waals surface area contributed by atoms with Gasteiger partial charge in [-0.05, 0) is 24.7 Å². The molecule has 2 unspecified atom stereocenters. The fraction of sp³-hybridized carbons (Fsp3) is 0.769. The van der Waals surface area contributed by atoms with E-state index in [1.165, 1.54) is 6.92 Å². The molecule has 1 amide bonds. The summed E-state index contributed by atoms with van der Waals surface area (Å²) in [6.07, 6.45) is 3.94. The summed E-state index contributed by atoms with van der Waals surface area (Å²) in [5.41, 5.74) is 0.770. The van der Waals surface area contributed by atoms with Gasteiger partial charge in [0, 0.05) is 20.1 Å². The number of carbonyl (C=O) groups excluding carboxylic acids is 1. The van der Waals surface area contributed by atoms with E-state index in [0.717, 1.165) is 25.1 Å². The molecular weight excluding hydrogens is 244 g/mol. The Labute approximate surface area is 114 Å². The first-order valence-corrected chi connectivity index (χ1v) is 6.75. The van der Waals surface area contributed by atoms with Crippen LogP contribution in [0.2, 0.25) is 0 Å². The number of nitrogens with zero attached hydrogens (tertiary/aromatic N) is 3. The third-order valence-corrected chi connectivity index (χ3v) is 3.07. The van der Waals surface area contributed by atoms with Crippen molar-refractivity contribution in [3.63, 3.8) is 0 Å². The van der Waals surface area contributed by atoms with Crippen LogP contribution >= 0.6 is 0 Å². The van der Waals surface area contributed by atoms with Crippen molar-refractivity contribution < 1.29 is 9.90 Å². The van der Waals surface area contributed by atoms with Crippen LogP contribution in [-0.2, 0) is 17.9 Å². The summed E-state index contributed by atoms with van der Waals surface area (Å²) >= 11 is 0. The lowest BCUT2D eigenvalue weighted by Crippen LogP contribution is -2.19. The SMILES string of the molecule is CC(=O)NCc1cn(CC(C)CCC(C)CO)nn1. The summed E-state index contributed by atoms with van der Waals surface area (Å²) in [5.74, 6) is 0.777. The maximum Gasteiger partial charge on any atom is 0.217 e. The molecule has 0 bridgehead atoms. The Balaban J connectivity index is 2.34. The Morgan fingerprint density at radius 3 is 2.74 bits per heavy atom. The topological polar surface area (TPSA) is 80.0 Å². The maximum absolute atomic E-state index is 10.8. The van der Waals surface area contributed by atoms with Crippen LogP contribution in [0.3, 0.4) is 0 Å². The fourth-order valence-electron chi connectivity index (χ4n) is 1.79.